The number of allylic oxidation sites excluding steroid dienone is 4. The summed E-state index contributed by atoms with van der Waals surface area (Å²) < 4.78 is 0. The van der Waals surface area contributed by atoms with Crippen molar-refractivity contribution in [1.29, 1.82) is 0 Å². The van der Waals surface area contributed by atoms with Crippen molar-refractivity contribution in [2.75, 3.05) is 0 Å². The monoisotopic (exact) mass is 288 g/mol. The Bertz CT molecular complexity index is 576. The smallest absolute Gasteiger partial charge is 0.163 e. The Balaban J connectivity index is 2.85. The highest BCUT2D eigenvalue weighted by atomic mass is 16.3. The van der Waals surface area contributed by atoms with Crippen LogP contribution >= 0.6 is 0 Å². The summed E-state index contributed by atoms with van der Waals surface area (Å²) in [6.45, 7) is 7.57. The highest BCUT2D eigenvalue weighted by Crippen LogP contribution is 2.31. The van der Waals surface area contributed by atoms with Gasteiger partial charge in [-0.15, -0.1) is 0 Å². The summed E-state index contributed by atoms with van der Waals surface area (Å²) in [5.74, 6) is -0.306. The second-order valence-electron chi connectivity index (χ2n) is 5.59. The van der Waals surface area contributed by atoms with Crippen LogP contribution in [-0.4, -0.2) is 16.0 Å². The molecule has 0 aromatic heterocycles. The quantitative estimate of drug-likeness (QED) is 0.597. The van der Waals surface area contributed by atoms with Crippen molar-refractivity contribution >= 4 is 5.78 Å². The number of aromatic hydroxyl groups is 2. The number of carbonyl (C=O) groups is 1. The lowest BCUT2D eigenvalue weighted by Gasteiger charge is -2.09. The summed E-state index contributed by atoms with van der Waals surface area (Å²) in [6, 6.07) is 2.90. The molecule has 0 amide bonds. The zero-order valence-corrected chi connectivity index (χ0v) is 13.2. The van der Waals surface area contributed by atoms with E-state index in [9.17, 15) is 15.0 Å². The number of ketones is 1. The molecule has 0 fully saturated rings. The average molecular weight is 288 g/mol. The first-order valence-electron chi connectivity index (χ1n) is 7.16. The molecule has 114 valence electrons. The summed E-state index contributed by atoms with van der Waals surface area (Å²) in [5, 5.41) is 19.9. The third-order valence-electron chi connectivity index (χ3n) is 3.38. The minimum Gasteiger partial charge on any atom is -0.508 e. The number of hydrogen-bond donors (Lipinski definition) is 2. The standard InChI is InChI=1S/C18H24O3/c1-12(2)6-5-7-13(3)8-9-16-17(20)11-10-15(14(4)19)18(16)21/h6,8,10-11,20-21H,5,7,9H2,1-4H3/b13-8+. The molecule has 3 nitrogen and oxygen atoms in total. The zero-order chi connectivity index (χ0) is 16.0. The molecule has 0 radical (unpaired) electrons. The molecule has 2 N–H and O–H groups in total. The van der Waals surface area contributed by atoms with Gasteiger partial charge in [0, 0.05) is 5.56 Å². The maximum atomic E-state index is 11.4. The van der Waals surface area contributed by atoms with Crippen LogP contribution in [0.4, 0.5) is 0 Å². The van der Waals surface area contributed by atoms with Gasteiger partial charge in [-0.05, 0) is 59.1 Å². The largest absolute Gasteiger partial charge is 0.508 e. The number of carbonyl (C=O) groups excluding carboxylic acids is 1. The molecular formula is C18H24O3. The van der Waals surface area contributed by atoms with E-state index >= 15 is 0 Å². The Labute approximate surface area is 126 Å². The van der Waals surface area contributed by atoms with Crippen molar-refractivity contribution in [2.45, 2.75) is 47.0 Å². The van der Waals surface area contributed by atoms with E-state index in [0.717, 1.165) is 12.8 Å². The molecule has 0 spiro atoms. The Hall–Kier alpha value is -2.03. The van der Waals surface area contributed by atoms with Crippen molar-refractivity contribution in [3.63, 3.8) is 0 Å². The van der Waals surface area contributed by atoms with Crippen molar-refractivity contribution in [3.8, 4) is 11.5 Å². The van der Waals surface area contributed by atoms with Gasteiger partial charge in [0.2, 0.25) is 0 Å². The Morgan fingerprint density at radius 1 is 1.10 bits per heavy atom. The van der Waals surface area contributed by atoms with E-state index in [2.05, 4.69) is 19.9 Å². The average Bonchev–Trinajstić information content (AvgIpc) is 2.37. The first kappa shape index (κ1) is 17.0. The van der Waals surface area contributed by atoms with Gasteiger partial charge in [0.15, 0.2) is 5.78 Å². The Morgan fingerprint density at radius 3 is 2.33 bits per heavy atom. The molecule has 1 aromatic carbocycles. The van der Waals surface area contributed by atoms with Gasteiger partial charge in [0.25, 0.3) is 0 Å². The third-order valence-corrected chi connectivity index (χ3v) is 3.38. The molecule has 0 saturated carbocycles. The molecule has 0 atom stereocenters. The highest BCUT2D eigenvalue weighted by molar-refractivity contribution is 5.97. The van der Waals surface area contributed by atoms with E-state index in [-0.39, 0.29) is 22.8 Å². The molecule has 0 aliphatic carbocycles. The van der Waals surface area contributed by atoms with Crippen LogP contribution in [0.25, 0.3) is 0 Å². The van der Waals surface area contributed by atoms with Crippen molar-refractivity contribution in [3.05, 3.63) is 46.6 Å². The minimum atomic E-state index is -0.210. The van der Waals surface area contributed by atoms with Gasteiger partial charge < -0.3 is 10.2 Å². The summed E-state index contributed by atoms with van der Waals surface area (Å²) >= 11 is 0. The third kappa shape index (κ3) is 5.10. The first-order valence-corrected chi connectivity index (χ1v) is 7.16. The van der Waals surface area contributed by atoms with Crippen molar-refractivity contribution < 1.29 is 15.0 Å². The van der Waals surface area contributed by atoms with Gasteiger partial charge in [-0.3, -0.25) is 4.79 Å². The van der Waals surface area contributed by atoms with Crippen LogP contribution in [0.3, 0.4) is 0 Å². The second-order valence-corrected chi connectivity index (χ2v) is 5.59. The summed E-state index contributed by atoms with van der Waals surface area (Å²) in [5.41, 5.74) is 3.15. The number of rotatable bonds is 6. The predicted octanol–water partition coefficient (Wildman–Crippen LogP) is 4.54. The topological polar surface area (TPSA) is 57.5 Å². The van der Waals surface area contributed by atoms with Crippen LogP contribution in [0.5, 0.6) is 11.5 Å². The maximum absolute atomic E-state index is 11.4. The van der Waals surface area contributed by atoms with Gasteiger partial charge in [0.05, 0.1) is 5.56 Å². The van der Waals surface area contributed by atoms with E-state index in [4.69, 9.17) is 0 Å². The lowest BCUT2D eigenvalue weighted by atomic mass is 10.0. The fourth-order valence-electron chi connectivity index (χ4n) is 2.08. The van der Waals surface area contributed by atoms with E-state index in [1.807, 2.05) is 13.0 Å². The Morgan fingerprint density at radius 2 is 1.76 bits per heavy atom. The normalized spacial score (nSPS) is 11.3. The predicted molar refractivity (Wildman–Crippen MR) is 85.9 cm³/mol. The van der Waals surface area contributed by atoms with Gasteiger partial charge >= 0.3 is 0 Å². The van der Waals surface area contributed by atoms with E-state index in [1.54, 1.807) is 0 Å². The molecule has 0 unspecified atom stereocenters. The molecule has 0 heterocycles. The van der Waals surface area contributed by atoms with Gasteiger partial charge in [-0.1, -0.05) is 23.3 Å². The van der Waals surface area contributed by atoms with Gasteiger partial charge in [-0.25, -0.2) is 0 Å². The van der Waals surface area contributed by atoms with Crippen LogP contribution in [0.15, 0.2) is 35.4 Å². The van der Waals surface area contributed by atoms with Crippen LogP contribution in [0, 0.1) is 0 Å². The SMILES string of the molecule is CC(=O)c1ccc(O)c(C/C=C(\C)CCC=C(C)C)c1O. The maximum Gasteiger partial charge on any atom is 0.163 e. The molecule has 1 aromatic rings. The van der Waals surface area contributed by atoms with Crippen molar-refractivity contribution in [2.24, 2.45) is 0 Å². The Kier molecular flexibility index (Phi) is 6.22. The summed E-state index contributed by atoms with van der Waals surface area (Å²) in [6.07, 6.45) is 6.51. The van der Waals surface area contributed by atoms with Gasteiger partial charge in [0.1, 0.15) is 11.5 Å². The highest BCUT2D eigenvalue weighted by Gasteiger charge is 2.14. The van der Waals surface area contributed by atoms with E-state index in [1.165, 1.54) is 30.2 Å². The van der Waals surface area contributed by atoms with Crippen LogP contribution < -0.4 is 0 Å². The number of Topliss-reactive ketones (excluding diaryl/α,β-unsaturated/α-hetero) is 1. The molecule has 0 aliphatic heterocycles. The van der Waals surface area contributed by atoms with Crippen LogP contribution in [0.1, 0.15) is 56.5 Å². The lowest BCUT2D eigenvalue weighted by molar-refractivity contribution is 0.101. The molecule has 1 rings (SSSR count). The molecule has 3 heteroatoms. The molecule has 0 bridgehead atoms. The molecule has 0 aliphatic rings. The summed E-state index contributed by atoms with van der Waals surface area (Å²) in [4.78, 5) is 11.4. The number of benzene rings is 1. The molecule has 0 saturated heterocycles. The minimum absolute atomic E-state index is 0.0193. The number of hydrogen-bond acceptors (Lipinski definition) is 3. The molecular weight excluding hydrogens is 264 g/mol. The van der Waals surface area contributed by atoms with E-state index in [0.29, 0.717) is 12.0 Å². The molecule has 21 heavy (non-hydrogen) atoms. The van der Waals surface area contributed by atoms with Gasteiger partial charge in [-0.2, -0.15) is 0 Å². The number of phenolic OH excluding ortho intramolecular Hbond substituents is 2. The van der Waals surface area contributed by atoms with Crippen LogP contribution in [0.2, 0.25) is 0 Å². The van der Waals surface area contributed by atoms with E-state index < -0.39 is 0 Å². The summed E-state index contributed by atoms with van der Waals surface area (Å²) in [7, 11) is 0. The first-order chi connectivity index (χ1) is 9.82. The number of phenols is 2. The zero-order valence-electron chi connectivity index (χ0n) is 13.2. The fourth-order valence-corrected chi connectivity index (χ4v) is 2.08. The van der Waals surface area contributed by atoms with Crippen molar-refractivity contribution in [1.82, 2.24) is 0 Å². The van der Waals surface area contributed by atoms with Crippen LogP contribution in [-0.2, 0) is 6.42 Å². The second kappa shape index (κ2) is 7.67. The lowest BCUT2D eigenvalue weighted by Crippen LogP contribution is -1.96. The fraction of sp³-hybridized carbons (Fsp3) is 0.389.